The lowest BCUT2D eigenvalue weighted by Crippen LogP contribution is -2.37. The number of amides is 1. The van der Waals surface area contributed by atoms with Gasteiger partial charge in [-0.2, -0.15) is 0 Å². The Balaban J connectivity index is 1.99. The van der Waals surface area contributed by atoms with Crippen molar-refractivity contribution in [3.05, 3.63) is 20.8 Å². The van der Waals surface area contributed by atoms with E-state index in [2.05, 4.69) is 27.3 Å². The zero-order valence-electron chi connectivity index (χ0n) is 7.75. The van der Waals surface area contributed by atoms with Gasteiger partial charge in [0.1, 0.15) is 0 Å². The van der Waals surface area contributed by atoms with Crippen molar-refractivity contribution in [3.63, 3.8) is 0 Å². The number of piperidine rings is 1. The summed E-state index contributed by atoms with van der Waals surface area (Å²) >= 11 is 5.15. The van der Waals surface area contributed by atoms with Gasteiger partial charge in [0.2, 0.25) is 5.91 Å². The minimum Gasteiger partial charge on any atom is -0.356 e. The van der Waals surface area contributed by atoms with E-state index in [9.17, 15) is 4.79 Å². The number of hydrogen-bond donors (Lipinski definition) is 1. The first-order chi connectivity index (χ1) is 6.75. The van der Waals surface area contributed by atoms with Crippen molar-refractivity contribution in [1.29, 1.82) is 0 Å². The molecule has 1 aromatic heterocycles. The van der Waals surface area contributed by atoms with E-state index in [-0.39, 0.29) is 11.8 Å². The van der Waals surface area contributed by atoms with Crippen LogP contribution in [0.15, 0.2) is 15.9 Å². The number of carbonyl (C=O) groups is 1. The molecular weight excluding hydrogens is 262 g/mol. The fourth-order valence-electron chi connectivity index (χ4n) is 1.73. The predicted octanol–water partition coefficient (Wildman–Crippen LogP) is 2.58. The topological polar surface area (TPSA) is 29.1 Å². The largest absolute Gasteiger partial charge is 0.356 e. The molecule has 0 radical (unpaired) electrons. The molecule has 1 saturated heterocycles. The number of rotatable bonds is 2. The molecule has 0 aromatic carbocycles. The molecule has 0 aliphatic carbocycles. The first kappa shape index (κ1) is 10.2. The van der Waals surface area contributed by atoms with Crippen LogP contribution >= 0.6 is 27.3 Å². The fraction of sp³-hybridized carbons (Fsp3) is 0.500. The van der Waals surface area contributed by atoms with E-state index in [1.807, 2.05) is 6.07 Å². The molecule has 0 spiro atoms. The molecule has 1 aliphatic rings. The van der Waals surface area contributed by atoms with E-state index in [1.54, 1.807) is 11.3 Å². The molecule has 2 nitrogen and oxygen atoms in total. The molecule has 1 amide bonds. The van der Waals surface area contributed by atoms with Crippen molar-refractivity contribution in [3.8, 4) is 0 Å². The number of halogens is 1. The van der Waals surface area contributed by atoms with E-state index in [0.717, 1.165) is 29.6 Å². The van der Waals surface area contributed by atoms with Gasteiger partial charge in [-0.1, -0.05) is 0 Å². The Kier molecular flexibility index (Phi) is 3.23. The van der Waals surface area contributed by atoms with E-state index in [4.69, 9.17) is 0 Å². The summed E-state index contributed by atoms with van der Waals surface area (Å²) in [4.78, 5) is 12.8. The summed E-state index contributed by atoms with van der Waals surface area (Å²) in [7, 11) is 0. The van der Waals surface area contributed by atoms with Crippen molar-refractivity contribution in [1.82, 2.24) is 5.32 Å². The SMILES string of the molecule is O=C1NCCCC1Cc1ccc(Br)s1. The van der Waals surface area contributed by atoms with Gasteiger partial charge in [0.25, 0.3) is 0 Å². The van der Waals surface area contributed by atoms with Crippen molar-refractivity contribution < 1.29 is 4.79 Å². The zero-order valence-corrected chi connectivity index (χ0v) is 10.2. The lowest BCUT2D eigenvalue weighted by atomic mass is 9.95. The lowest BCUT2D eigenvalue weighted by Gasteiger charge is -2.20. The first-order valence-corrected chi connectivity index (χ1v) is 6.38. The highest BCUT2D eigenvalue weighted by molar-refractivity contribution is 9.11. The van der Waals surface area contributed by atoms with Crippen LogP contribution in [0.1, 0.15) is 17.7 Å². The normalized spacial score (nSPS) is 22.1. The van der Waals surface area contributed by atoms with Gasteiger partial charge in [-0.3, -0.25) is 4.79 Å². The van der Waals surface area contributed by atoms with E-state index >= 15 is 0 Å². The van der Waals surface area contributed by atoms with Crippen molar-refractivity contribution >= 4 is 33.2 Å². The van der Waals surface area contributed by atoms with Crippen LogP contribution in [-0.4, -0.2) is 12.5 Å². The smallest absolute Gasteiger partial charge is 0.223 e. The minimum absolute atomic E-state index is 0.189. The molecule has 76 valence electrons. The Bertz CT molecular complexity index is 337. The molecule has 1 atom stereocenters. The van der Waals surface area contributed by atoms with Gasteiger partial charge < -0.3 is 5.32 Å². The van der Waals surface area contributed by atoms with Gasteiger partial charge in [-0.15, -0.1) is 11.3 Å². The molecule has 4 heteroatoms. The molecule has 1 aromatic rings. The van der Waals surface area contributed by atoms with Gasteiger partial charge in [0.05, 0.1) is 3.79 Å². The maximum atomic E-state index is 11.5. The van der Waals surface area contributed by atoms with Gasteiger partial charge in [-0.05, 0) is 47.3 Å². The summed E-state index contributed by atoms with van der Waals surface area (Å²) in [6.45, 7) is 0.851. The van der Waals surface area contributed by atoms with Gasteiger partial charge in [0, 0.05) is 17.3 Å². The summed E-state index contributed by atoms with van der Waals surface area (Å²) < 4.78 is 1.14. The van der Waals surface area contributed by atoms with Crippen LogP contribution in [0.2, 0.25) is 0 Å². The number of carbonyl (C=O) groups excluding carboxylic acids is 1. The number of thiophene rings is 1. The van der Waals surface area contributed by atoms with Gasteiger partial charge in [-0.25, -0.2) is 0 Å². The van der Waals surface area contributed by atoms with Crippen LogP contribution < -0.4 is 5.32 Å². The quantitative estimate of drug-likeness (QED) is 0.882. The number of hydrogen-bond acceptors (Lipinski definition) is 2. The molecule has 2 rings (SSSR count). The third-order valence-corrected chi connectivity index (χ3v) is 4.12. The zero-order chi connectivity index (χ0) is 9.97. The van der Waals surface area contributed by atoms with Crippen LogP contribution in [-0.2, 0) is 11.2 Å². The fourth-order valence-corrected chi connectivity index (χ4v) is 3.30. The highest BCUT2D eigenvalue weighted by Gasteiger charge is 2.22. The lowest BCUT2D eigenvalue weighted by molar-refractivity contribution is -0.126. The number of nitrogens with one attached hydrogen (secondary N) is 1. The van der Waals surface area contributed by atoms with Gasteiger partial charge >= 0.3 is 0 Å². The summed E-state index contributed by atoms with van der Waals surface area (Å²) in [5.74, 6) is 0.412. The van der Waals surface area contributed by atoms with Crippen molar-refractivity contribution in [2.75, 3.05) is 6.54 Å². The van der Waals surface area contributed by atoms with Crippen LogP contribution in [0.3, 0.4) is 0 Å². The summed E-state index contributed by atoms with van der Waals surface area (Å²) in [6.07, 6.45) is 3.03. The third kappa shape index (κ3) is 2.36. The average Bonchev–Trinajstić information content (AvgIpc) is 2.56. The Morgan fingerprint density at radius 1 is 1.57 bits per heavy atom. The average molecular weight is 274 g/mol. The van der Waals surface area contributed by atoms with Crippen molar-refractivity contribution in [2.45, 2.75) is 19.3 Å². The first-order valence-electron chi connectivity index (χ1n) is 4.77. The van der Waals surface area contributed by atoms with E-state index in [1.165, 1.54) is 4.88 Å². The van der Waals surface area contributed by atoms with Crippen LogP contribution in [0, 0.1) is 5.92 Å². The molecule has 0 bridgehead atoms. The predicted molar refractivity (Wildman–Crippen MR) is 61.5 cm³/mol. The molecule has 1 unspecified atom stereocenters. The molecular formula is C10H12BrNOS. The van der Waals surface area contributed by atoms with Gasteiger partial charge in [0.15, 0.2) is 0 Å². The Labute approximate surface area is 95.8 Å². The Morgan fingerprint density at radius 3 is 3.07 bits per heavy atom. The Hall–Kier alpha value is -0.350. The van der Waals surface area contributed by atoms with E-state index < -0.39 is 0 Å². The summed E-state index contributed by atoms with van der Waals surface area (Å²) in [5.41, 5.74) is 0. The molecule has 0 saturated carbocycles. The monoisotopic (exact) mass is 273 g/mol. The molecule has 1 N–H and O–H groups in total. The summed E-state index contributed by atoms with van der Waals surface area (Å²) in [6, 6.07) is 4.14. The molecule has 1 aliphatic heterocycles. The second-order valence-corrected chi connectivity index (χ2v) is 6.09. The standard InChI is InChI=1S/C10H12BrNOS/c11-9-4-3-8(14-9)6-7-2-1-5-12-10(7)13/h3-4,7H,1-2,5-6H2,(H,12,13). The highest BCUT2D eigenvalue weighted by atomic mass is 79.9. The minimum atomic E-state index is 0.189. The molecule has 2 heterocycles. The van der Waals surface area contributed by atoms with Crippen LogP contribution in [0.25, 0.3) is 0 Å². The summed E-state index contributed by atoms with van der Waals surface area (Å²) in [5, 5.41) is 2.91. The highest BCUT2D eigenvalue weighted by Crippen LogP contribution is 2.26. The maximum absolute atomic E-state index is 11.5. The molecule has 14 heavy (non-hydrogen) atoms. The molecule has 1 fully saturated rings. The third-order valence-electron chi connectivity index (χ3n) is 2.48. The maximum Gasteiger partial charge on any atom is 0.223 e. The Morgan fingerprint density at radius 2 is 2.43 bits per heavy atom. The van der Waals surface area contributed by atoms with Crippen LogP contribution in [0.5, 0.6) is 0 Å². The van der Waals surface area contributed by atoms with Crippen LogP contribution in [0.4, 0.5) is 0 Å². The second kappa shape index (κ2) is 4.45. The second-order valence-electron chi connectivity index (χ2n) is 3.54. The van der Waals surface area contributed by atoms with Crippen molar-refractivity contribution in [2.24, 2.45) is 5.92 Å². The van der Waals surface area contributed by atoms with E-state index in [0.29, 0.717) is 0 Å².